The lowest BCUT2D eigenvalue weighted by molar-refractivity contribution is 0.125. The van der Waals surface area contributed by atoms with Crippen LogP contribution in [0.2, 0.25) is 0 Å². The van der Waals surface area contributed by atoms with Gasteiger partial charge in [-0.15, -0.1) is 0 Å². The van der Waals surface area contributed by atoms with Crippen LogP contribution in [0.5, 0.6) is 0 Å². The quantitative estimate of drug-likeness (QED) is 0.387. The normalized spacial score (nSPS) is 13.9. The Kier molecular flexibility index (Phi) is 15.3. The minimum Gasteiger partial charge on any atom is -0.379 e. The summed E-state index contributed by atoms with van der Waals surface area (Å²) in [6, 6.07) is 30.6. The summed E-state index contributed by atoms with van der Waals surface area (Å²) in [6.07, 6.45) is 3.08. The third-order valence-electron chi connectivity index (χ3n) is 4.19. The Bertz CT molecular complexity index is 638. The van der Waals surface area contributed by atoms with E-state index in [-0.39, 0.29) is 7.43 Å². The third-order valence-corrected chi connectivity index (χ3v) is 4.19. The Balaban J connectivity index is 0.000000345. The van der Waals surface area contributed by atoms with Crippen molar-refractivity contribution in [3.05, 3.63) is 108 Å². The van der Waals surface area contributed by atoms with Crippen LogP contribution in [-0.2, 0) is 4.74 Å². The van der Waals surface area contributed by atoms with Crippen LogP contribution in [0, 0.1) is 20.8 Å². The van der Waals surface area contributed by atoms with Gasteiger partial charge in [0.1, 0.15) is 0 Å². The Morgan fingerprint density at radius 1 is 0.643 bits per heavy atom. The third kappa shape index (κ3) is 13.8. The van der Waals surface area contributed by atoms with Crippen LogP contribution in [-0.4, -0.2) is 12.7 Å². The van der Waals surface area contributed by atoms with Gasteiger partial charge in [-0.25, -0.2) is 0 Å². The molecule has 0 radical (unpaired) electrons. The maximum atomic E-state index is 5.15. The van der Waals surface area contributed by atoms with Crippen molar-refractivity contribution >= 4 is 0 Å². The van der Waals surface area contributed by atoms with Gasteiger partial charge in [-0.1, -0.05) is 104 Å². The molecule has 0 spiro atoms. The van der Waals surface area contributed by atoms with Gasteiger partial charge in [-0.05, 0) is 51.7 Å². The number of rotatable bonds is 0. The molecule has 1 fully saturated rings. The molecule has 28 heavy (non-hydrogen) atoms. The molecule has 1 nitrogen and oxygen atoms in total. The van der Waals surface area contributed by atoms with Crippen molar-refractivity contribution in [3.63, 3.8) is 0 Å². The SMILES string of the molecule is C.CC1CCCO1.Cc1ccccc1.Cc1ccccc1C.c1ccccc1. The van der Waals surface area contributed by atoms with Gasteiger partial charge in [-0.3, -0.25) is 0 Å². The van der Waals surface area contributed by atoms with Gasteiger partial charge < -0.3 is 4.74 Å². The Hall–Kier alpha value is -2.38. The highest BCUT2D eigenvalue weighted by molar-refractivity contribution is 5.23. The van der Waals surface area contributed by atoms with Crippen molar-refractivity contribution < 1.29 is 4.74 Å². The standard InChI is InChI=1S/C8H10.C7H8.C6H6.C5H10O.CH4/c1-7-5-3-4-6-8(7)2;1-7-5-3-2-4-6-7;1-2-4-6-5-3-1;1-5-3-2-4-6-5;/h3-6H,1-2H3;2-6H,1H3;1-6H;5H,2-4H2,1H3;1H4. The van der Waals surface area contributed by atoms with E-state index in [1.165, 1.54) is 29.5 Å². The molecule has 1 heterocycles. The second-order valence-corrected chi connectivity index (χ2v) is 6.72. The summed E-state index contributed by atoms with van der Waals surface area (Å²) in [7, 11) is 0. The monoisotopic (exact) mass is 378 g/mol. The molecule has 1 aliphatic rings. The fourth-order valence-electron chi connectivity index (χ4n) is 2.32. The minimum atomic E-state index is 0. The van der Waals surface area contributed by atoms with E-state index in [4.69, 9.17) is 4.74 Å². The summed E-state index contributed by atoms with van der Waals surface area (Å²) in [5.74, 6) is 0. The largest absolute Gasteiger partial charge is 0.379 e. The average Bonchev–Trinajstić information content (AvgIpc) is 3.19. The Labute approximate surface area is 173 Å². The molecular formula is C27H38O. The first-order valence-electron chi connectivity index (χ1n) is 9.75. The molecule has 1 atom stereocenters. The van der Waals surface area contributed by atoms with E-state index in [0.29, 0.717) is 6.10 Å². The van der Waals surface area contributed by atoms with Gasteiger partial charge in [0.15, 0.2) is 0 Å². The first-order valence-corrected chi connectivity index (χ1v) is 9.75. The average molecular weight is 379 g/mol. The summed E-state index contributed by atoms with van der Waals surface area (Å²) in [6.45, 7) is 9.43. The van der Waals surface area contributed by atoms with Crippen LogP contribution in [0.1, 0.15) is 43.9 Å². The van der Waals surface area contributed by atoms with Gasteiger partial charge in [0, 0.05) is 6.61 Å². The zero-order valence-corrected chi connectivity index (χ0v) is 17.3. The predicted octanol–water partition coefficient (Wildman–Crippen LogP) is 7.81. The van der Waals surface area contributed by atoms with Gasteiger partial charge in [0.2, 0.25) is 0 Å². The van der Waals surface area contributed by atoms with E-state index in [1.807, 2.05) is 54.6 Å². The van der Waals surface area contributed by atoms with Crippen LogP contribution in [0.25, 0.3) is 0 Å². The Morgan fingerprint density at radius 3 is 1.25 bits per heavy atom. The van der Waals surface area contributed by atoms with Crippen molar-refractivity contribution in [2.24, 2.45) is 0 Å². The molecular weight excluding hydrogens is 340 g/mol. The lowest BCUT2D eigenvalue weighted by Gasteiger charge is -1.94. The van der Waals surface area contributed by atoms with Gasteiger partial charge in [0.25, 0.3) is 0 Å². The van der Waals surface area contributed by atoms with Crippen molar-refractivity contribution in [2.75, 3.05) is 6.61 Å². The highest BCUT2D eigenvalue weighted by atomic mass is 16.5. The topological polar surface area (TPSA) is 9.23 Å². The van der Waals surface area contributed by atoms with E-state index in [9.17, 15) is 0 Å². The van der Waals surface area contributed by atoms with Crippen LogP contribution in [0.3, 0.4) is 0 Å². The van der Waals surface area contributed by atoms with Gasteiger partial charge >= 0.3 is 0 Å². The van der Waals surface area contributed by atoms with Crippen LogP contribution >= 0.6 is 0 Å². The molecule has 0 saturated carbocycles. The van der Waals surface area contributed by atoms with Crippen molar-refractivity contribution in [3.8, 4) is 0 Å². The molecule has 0 amide bonds. The minimum absolute atomic E-state index is 0. The molecule has 0 N–H and O–H groups in total. The van der Waals surface area contributed by atoms with Crippen LogP contribution < -0.4 is 0 Å². The molecule has 4 rings (SSSR count). The lowest BCUT2D eigenvalue weighted by Crippen LogP contribution is -1.94. The molecule has 1 aliphatic heterocycles. The molecule has 1 unspecified atom stereocenters. The fourth-order valence-corrected chi connectivity index (χ4v) is 2.32. The van der Waals surface area contributed by atoms with Crippen molar-refractivity contribution in [2.45, 2.75) is 54.1 Å². The van der Waals surface area contributed by atoms with E-state index in [0.717, 1.165) is 6.61 Å². The molecule has 0 aliphatic carbocycles. The molecule has 1 heteroatoms. The van der Waals surface area contributed by atoms with E-state index in [2.05, 4.69) is 64.1 Å². The van der Waals surface area contributed by atoms with Crippen molar-refractivity contribution in [1.82, 2.24) is 0 Å². The molecule has 3 aromatic carbocycles. The second-order valence-electron chi connectivity index (χ2n) is 6.72. The first-order chi connectivity index (χ1) is 13.1. The lowest BCUT2D eigenvalue weighted by atomic mass is 10.1. The van der Waals surface area contributed by atoms with E-state index < -0.39 is 0 Å². The molecule has 1 saturated heterocycles. The van der Waals surface area contributed by atoms with Gasteiger partial charge in [0.05, 0.1) is 6.10 Å². The first kappa shape index (κ1) is 25.6. The van der Waals surface area contributed by atoms with Crippen LogP contribution in [0.4, 0.5) is 0 Å². The number of ether oxygens (including phenoxy) is 1. The van der Waals surface area contributed by atoms with Crippen molar-refractivity contribution in [1.29, 1.82) is 0 Å². The number of hydrogen-bond acceptors (Lipinski definition) is 1. The fraction of sp³-hybridized carbons (Fsp3) is 0.333. The maximum absolute atomic E-state index is 5.15. The Morgan fingerprint density at radius 2 is 1.04 bits per heavy atom. The summed E-state index contributed by atoms with van der Waals surface area (Å²) in [5, 5.41) is 0. The number of hydrogen-bond donors (Lipinski definition) is 0. The molecule has 0 bridgehead atoms. The summed E-state index contributed by atoms with van der Waals surface area (Å²) < 4.78 is 5.15. The van der Waals surface area contributed by atoms with Gasteiger partial charge in [-0.2, -0.15) is 0 Å². The zero-order chi connectivity index (χ0) is 19.7. The molecule has 0 aromatic heterocycles. The maximum Gasteiger partial charge on any atom is 0.0547 e. The number of aryl methyl sites for hydroxylation is 3. The van der Waals surface area contributed by atoms with E-state index in [1.54, 1.807) is 0 Å². The highest BCUT2D eigenvalue weighted by Crippen LogP contribution is 2.09. The highest BCUT2D eigenvalue weighted by Gasteiger charge is 2.07. The zero-order valence-electron chi connectivity index (χ0n) is 17.3. The number of benzene rings is 3. The summed E-state index contributed by atoms with van der Waals surface area (Å²) in [4.78, 5) is 0. The van der Waals surface area contributed by atoms with E-state index >= 15 is 0 Å². The second kappa shape index (κ2) is 16.8. The molecule has 3 aromatic rings. The summed E-state index contributed by atoms with van der Waals surface area (Å²) in [5.41, 5.74) is 4.06. The van der Waals surface area contributed by atoms with Crippen LogP contribution in [0.15, 0.2) is 91.0 Å². The summed E-state index contributed by atoms with van der Waals surface area (Å²) >= 11 is 0. The predicted molar refractivity (Wildman–Crippen MR) is 125 cm³/mol. The molecule has 152 valence electrons. The smallest absolute Gasteiger partial charge is 0.0547 e.